The van der Waals surface area contributed by atoms with Crippen LogP contribution in [0, 0.1) is 0 Å². The Hall–Kier alpha value is -2.28. The van der Waals surface area contributed by atoms with Crippen molar-refractivity contribution in [1.29, 1.82) is 0 Å². The van der Waals surface area contributed by atoms with Gasteiger partial charge in [-0.2, -0.15) is 0 Å². The molecule has 0 amide bonds. The van der Waals surface area contributed by atoms with Gasteiger partial charge in [-0.1, -0.05) is 42.5 Å². The Balaban J connectivity index is 1.75. The number of nitrogens with zero attached hydrogens (tertiary/aromatic N) is 1. The van der Waals surface area contributed by atoms with E-state index in [1.54, 1.807) is 0 Å². The van der Waals surface area contributed by atoms with Crippen molar-refractivity contribution in [2.24, 2.45) is 0 Å². The van der Waals surface area contributed by atoms with Crippen molar-refractivity contribution in [3.63, 3.8) is 0 Å². The fourth-order valence-corrected chi connectivity index (χ4v) is 4.25. The second kappa shape index (κ2) is 4.36. The Morgan fingerprint density at radius 2 is 1.86 bits per heavy atom. The first kappa shape index (κ1) is 12.3. The zero-order chi connectivity index (χ0) is 14.7. The molecule has 1 heterocycles. The van der Waals surface area contributed by atoms with E-state index >= 15 is 0 Å². The van der Waals surface area contributed by atoms with Crippen molar-refractivity contribution in [2.45, 2.75) is 19.8 Å². The minimum atomic E-state index is 1.09. The molecular weight excluding hydrogens is 266 g/mol. The zero-order valence-electron chi connectivity index (χ0n) is 12.9. The van der Waals surface area contributed by atoms with Crippen molar-refractivity contribution in [3.8, 4) is 11.1 Å². The SMILES string of the molecule is CCN1CCc2cc3c(cc21)-c1ccc2ccccc2c1C3. The first-order valence-corrected chi connectivity index (χ1v) is 8.27. The third-order valence-electron chi connectivity index (χ3n) is 5.38. The standard InChI is InChI=1S/C21H19N/c1-2-22-10-9-15-11-16-12-20-17-6-4-3-5-14(17)7-8-18(20)19(16)13-21(15)22/h3-8,11,13H,2,9-10,12H2,1H3. The third-order valence-corrected chi connectivity index (χ3v) is 5.38. The second-order valence-electron chi connectivity index (χ2n) is 6.46. The summed E-state index contributed by atoms with van der Waals surface area (Å²) in [5, 5.41) is 2.78. The van der Waals surface area contributed by atoms with E-state index in [2.05, 4.69) is 60.4 Å². The lowest BCUT2D eigenvalue weighted by Crippen LogP contribution is -2.19. The largest absolute Gasteiger partial charge is 0.371 e. The summed E-state index contributed by atoms with van der Waals surface area (Å²) in [7, 11) is 0. The Kier molecular flexibility index (Phi) is 2.43. The summed E-state index contributed by atoms with van der Waals surface area (Å²) in [6.07, 6.45) is 2.29. The van der Waals surface area contributed by atoms with E-state index in [0.29, 0.717) is 0 Å². The highest BCUT2D eigenvalue weighted by atomic mass is 15.1. The summed E-state index contributed by atoms with van der Waals surface area (Å²) in [5.74, 6) is 0. The van der Waals surface area contributed by atoms with Crippen LogP contribution >= 0.6 is 0 Å². The van der Waals surface area contributed by atoms with Gasteiger partial charge in [-0.3, -0.25) is 0 Å². The van der Waals surface area contributed by atoms with E-state index in [1.807, 2.05) is 0 Å². The average Bonchev–Trinajstić information content (AvgIpc) is 3.13. The van der Waals surface area contributed by atoms with E-state index in [4.69, 9.17) is 0 Å². The zero-order valence-corrected chi connectivity index (χ0v) is 12.9. The molecule has 1 heteroatoms. The Morgan fingerprint density at radius 3 is 2.77 bits per heavy atom. The van der Waals surface area contributed by atoms with Crippen LogP contribution in [0.25, 0.3) is 21.9 Å². The van der Waals surface area contributed by atoms with Gasteiger partial charge < -0.3 is 4.90 Å². The van der Waals surface area contributed by atoms with Crippen LogP contribution in [-0.4, -0.2) is 13.1 Å². The fourth-order valence-electron chi connectivity index (χ4n) is 4.25. The fraction of sp³-hybridized carbons (Fsp3) is 0.238. The van der Waals surface area contributed by atoms with E-state index in [-0.39, 0.29) is 0 Å². The van der Waals surface area contributed by atoms with Crippen molar-refractivity contribution < 1.29 is 0 Å². The molecule has 5 rings (SSSR count). The number of anilines is 1. The van der Waals surface area contributed by atoms with Gasteiger partial charge in [-0.25, -0.2) is 0 Å². The van der Waals surface area contributed by atoms with Crippen LogP contribution in [0.1, 0.15) is 23.6 Å². The molecule has 0 spiro atoms. The van der Waals surface area contributed by atoms with Gasteiger partial charge in [0.25, 0.3) is 0 Å². The Labute approximate surface area is 131 Å². The molecule has 1 aliphatic carbocycles. The maximum absolute atomic E-state index is 2.51. The predicted octanol–water partition coefficient (Wildman–Crippen LogP) is 4.79. The van der Waals surface area contributed by atoms with Gasteiger partial charge in [-0.15, -0.1) is 0 Å². The molecule has 1 aliphatic heterocycles. The molecule has 22 heavy (non-hydrogen) atoms. The van der Waals surface area contributed by atoms with Gasteiger partial charge in [0.05, 0.1) is 0 Å². The van der Waals surface area contributed by atoms with Gasteiger partial charge in [0.15, 0.2) is 0 Å². The Morgan fingerprint density at radius 1 is 0.955 bits per heavy atom. The number of likely N-dealkylation sites (N-methyl/N-ethyl adjacent to an activating group) is 1. The van der Waals surface area contributed by atoms with Crippen molar-refractivity contribution >= 4 is 16.5 Å². The molecule has 0 saturated carbocycles. The molecular formula is C21H19N. The van der Waals surface area contributed by atoms with Crippen molar-refractivity contribution in [3.05, 3.63) is 65.2 Å². The lowest BCUT2D eigenvalue weighted by molar-refractivity contribution is 0.868. The number of hydrogen-bond donors (Lipinski definition) is 0. The summed E-state index contributed by atoms with van der Waals surface area (Å²) in [6.45, 7) is 4.54. The maximum Gasteiger partial charge on any atom is 0.0405 e. The molecule has 0 N–H and O–H groups in total. The molecule has 1 nitrogen and oxygen atoms in total. The van der Waals surface area contributed by atoms with E-state index in [1.165, 1.54) is 57.2 Å². The van der Waals surface area contributed by atoms with Crippen LogP contribution in [0.3, 0.4) is 0 Å². The summed E-state index contributed by atoms with van der Waals surface area (Å²) in [6, 6.07) is 18.3. The lowest BCUT2D eigenvalue weighted by Gasteiger charge is -2.17. The number of rotatable bonds is 1. The molecule has 3 aromatic rings. The monoisotopic (exact) mass is 285 g/mol. The maximum atomic E-state index is 2.51. The quantitative estimate of drug-likeness (QED) is 0.486. The predicted molar refractivity (Wildman–Crippen MR) is 93.8 cm³/mol. The van der Waals surface area contributed by atoms with Gasteiger partial charge in [0.1, 0.15) is 0 Å². The van der Waals surface area contributed by atoms with E-state index in [0.717, 1.165) is 13.0 Å². The lowest BCUT2D eigenvalue weighted by atomic mass is 9.99. The second-order valence-corrected chi connectivity index (χ2v) is 6.46. The van der Waals surface area contributed by atoms with Gasteiger partial charge in [0.2, 0.25) is 0 Å². The Bertz CT molecular complexity index is 907. The molecule has 3 aromatic carbocycles. The summed E-state index contributed by atoms with van der Waals surface area (Å²) in [5.41, 5.74) is 8.93. The molecule has 108 valence electrons. The van der Waals surface area contributed by atoms with Gasteiger partial charge >= 0.3 is 0 Å². The third kappa shape index (κ3) is 1.54. The van der Waals surface area contributed by atoms with Crippen molar-refractivity contribution in [2.75, 3.05) is 18.0 Å². The smallest absolute Gasteiger partial charge is 0.0405 e. The molecule has 0 bridgehead atoms. The molecule has 0 radical (unpaired) electrons. The van der Waals surface area contributed by atoms with Crippen LogP contribution in [0.2, 0.25) is 0 Å². The van der Waals surface area contributed by atoms with Crippen LogP contribution in [0.5, 0.6) is 0 Å². The van der Waals surface area contributed by atoms with Gasteiger partial charge in [-0.05, 0) is 64.4 Å². The van der Waals surface area contributed by atoms with Gasteiger partial charge in [0, 0.05) is 18.8 Å². The number of fused-ring (bicyclic) bond motifs is 6. The van der Waals surface area contributed by atoms with Crippen LogP contribution in [-0.2, 0) is 12.8 Å². The minimum Gasteiger partial charge on any atom is -0.371 e. The summed E-state index contributed by atoms with van der Waals surface area (Å²) in [4.78, 5) is 2.51. The van der Waals surface area contributed by atoms with E-state index < -0.39 is 0 Å². The minimum absolute atomic E-state index is 1.09. The highest BCUT2D eigenvalue weighted by Crippen LogP contribution is 2.44. The first-order valence-electron chi connectivity index (χ1n) is 8.27. The molecule has 0 aromatic heterocycles. The van der Waals surface area contributed by atoms with Crippen molar-refractivity contribution in [1.82, 2.24) is 0 Å². The molecule has 0 atom stereocenters. The van der Waals surface area contributed by atoms with E-state index in [9.17, 15) is 0 Å². The molecule has 0 saturated heterocycles. The highest BCUT2D eigenvalue weighted by Gasteiger charge is 2.25. The number of benzene rings is 3. The first-order chi connectivity index (χ1) is 10.8. The molecule has 0 unspecified atom stereocenters. The summed E-state index contributed by atoms with van der Waals surface area (Å²) >= 11 is 0. The summed E-state index contributed by atoms with van der Waals surface area (Å²) < 4.78 is 0. The molecule has 0 fully saturated rings. The topological polar surface area (TPSA) is 3.24 Å². The molecule has 2 aliphatic rings. The number of hydrogen-bond acceptors (Lipinski definition) is 1. The van der Waals surface area contributed by atoms with Crippen LogP contribution < -0.4 is 4.90 Å². The van der Waals surface area contributed by atoms with Crippen LogP contribution in [0.15, 0.2) is 48.5 Å². The highest BCUT2D eigenvalue weighted by molar-refractivity contribution is 5.96. The normalized spacial score (nSPS) is 15.0. The average molecular weight is 285 g/mol. The van der Waals surface area contributed by atoms with Crippen LogP contribution in [0.4, 0.5) is 5.69 Å².